The number of nitrogens with zero attached hydrogens (tertiary/aromatic N) is 1. The zero-order valence-electron chi connectivity index (χ0n) is 15.5. The van der Waals surface area contributed by atoms with Gasteiger partial charge in [0.25, 0.3) is 0 Å². The predicted molar refractivity (Wildman–Crippen MR) is 100 cm³/mol. The summed E-state index contributed by atoms with van der Waals surface area (Å²) in [6, 6.07) is 17.0. The smallest absolute Gasteiger partial charge is 0.410 e. The molecule has 26 heavy (non-hydrogen) atoms. The number of hydrogen-bond acceptors (Lipinski definition) is 4. The van der Waals surface area contributed by atoms with Gasteiger partial charge in [-0.3, -0.25) is 0 Å². The fraction of sp³-hybridized carbons (Fsp3) is 0.333. The van der Waals surface area contributed by atoms with Crippen LogP contribution in [0, 0.1) is 0 Å². The zero-order chi connectivity index (χ0) is 19.0. The fourth-order valence-electron chi connectivity index (χ4n) is 2.32. The molecule has 5 nitrogen and oxygen atoms in total. The Bertz CT molecular complexity index is 722. The van der Waals surface area contributed by atoms with Crippen LogP contribution in [-0.2, 0) is 16.1 Å². The highest BCUT2D eigenvalue weighted by molar-refractivity contribution is 5.68. The minimum Gasteiger partial charge on any atom is -0.457 e. The molecule has 1 amide bonds. The Kier molecular flexibility index (Phi) is 6.78. The lowest BCUT2D eigenvalue weighted by Crippen LogP contribution is -2.37. The average Bonchev–Trinajstić information content (AvgIpc) is 2.58. The number of hydrogen-bond donors (Lipinski definition) is 0. The standard InChI is InChI=1S/C21H25NO4/c1-21(2,3)26-20(24)22(13-8-14-23)16-17-9-7-12-19(15-17)25-18-10-5-4-6-11-18/h4-7,9-12,14-15H,8,13,16H2,1-3H3. The van der Waals surface area contributed by atoms with E-state index in [1.165, 1.54) is 4.90 Å². The van der Waals surface area contributed by atoms with Crippen molar-refractivity contribution < 1.29 is 19.1 Å². The maximum atomic E-state index is 12.4. The molecule has 0 aliphatic heterocycles. The van der Waals surface area contributed by atoms with Crippen molar-refractivity contribution in [3.63, 3.8) is 0 Å². The molecule has 0 saturated carbocycles. The quantitative estimate of drug-likeness (QED) is 0.669. The third-order valence-electron chi connectivity index (χ3n) is 3.42. The van der Waals surface area contributed by atoms with E-state index in [1.54, 1.807) is 0 Å². The summed E-state index contributed by atoms with van der Waals surface area (Å²) in [7, 11) is 0. The average molecular weight is 355 g/mol. The van der Waals surface area contributed by atoms with Crippen LogP contribution in [0.15, 0.2) is 54.6 Å². The van der Waals surface area contributed by atoms with Crippen LogP contribution in [0.5, 0.6) is 11.5 Å². The molecule has 2 rings (SSSR count). The number of carbonyl (C=O) groups excluding carboxylic acids is 2. The lowest BCUT2D eigenvalue weighted by atomic mass is 10.2. The Morgan fingerprint density at radius 2 is 1.73 bits per heavy atom. The highest BCUT2D eigenvalue weighted by Gasteiger charge is 2.22. The van der Waals surface area contributed by atoms with Gasteiger partial charge in [0, 0.05) is 19.5 Å². The Morgan fingerprint density at radius 3 is 2.38 bits per heavy atom. The molecule has 138 valence electrons. The van der Waals surface area contributed by atoms with Crippen LogP contribution in [0.2, 0.25) is 0 Å². The second-order valence-electron chi connectivity index (χ2n) is 6.92. The van der Waals surface area contributed by atoms with E-state index in [0.717, 1.165) is 17.6 Å². The number of rotatable bonds is 7. The molecule has 0 spiro atoms. The normalized spacial score (nSPS) is 10.9. The lowest BCUT2D eigenvalue weighted by molar-refractivity contribution is -0.108. The Balaban J connectivity index is 2.10. The van der Waals surface area contributed by atoms with Crippen molar-refractivity contribution in [3.05, 3.63) is 60.2 Å². The summed E-state index contributed by atoms with van der Waals surface area (Å²) in [5.41, 5.74) is 0.310. The summed E-state index contributed by atoms with van der Waals surface area (Å²) in [5, 5.41) is 0. The van der Waals surface area contributed by atoms with Gasteiger partial charge in [0.1, 0.15) is 23.4 Å². The molecule has 0 saturated heterocycles. The molecule has 0 aliphatic rings. The highest BCUT2D eigenvalue weighted by atomic mass is 16.6. The number of ether oxygens (including phenoxy) is 2. The summed E-state index contributed by atoms with van der Waals surface area (Å²) in [6.45, 7) is 6.10. The van der Waals surface area contributed by atoms with Gasteiger partial charge in [-0.1, -0.05) is 30.3 Å². The van der Waals surface area contributed by atoms with E-state index < -0.39 is 11.7 Å². The highest BCUT2D eigenvalue weighted by Crippen LogP contribution is 2.23. The van der Waals surface area contributed by atoms with Crippen molar-refractivity contribution in [2.45, 2.75) is 39.3 Å². The first kappa shape index (κ1) is 19.5. The topological polar surface area (TPSA) is 55.8 Å². The van der Waals surface area contributed by atoms with Crippen molar-refractivity contribution in [3.8, 4) is 11.5 Å². The van der Waals surface area contributed by atoms with Crippen LogP contribution >= 0.6 is 0 Å². The van der Waals surface area contributed by atoms with Crippen LogP contribution < -0.4 is 4.74 Å². The van der Waals surface area contributed by atoms with Gasteiger partial charge in [-0.25, -0.2) is 4.79 Å². The molecule has 2 aromatic rings. The van der Waals surface area contributed by atoms with Crippen molar-refractivity contribution in [2.75, 3.05) is 6.54 Å². The van der Waals surface area contributed by atoms with Crippen LogP contribution in [-0.4, -0.2) is 29.4 Å². The SMILES string of the molecule is CC(C)(C)OC(=O)N(CCC=O)Cc1cccc(Oc2ccccc2)c1. The van der Waals surface area contributed by atoms with Crippen LogP contribution in [0.1, 0.15) is 32.8 Å². The van der Waals surface area contributed by atoms with E-state index in [4.69, 9.17) is 9.47 Å². The van der Waals surface area contributed by atoms with E-state index in [2.05, 4.69) is 0 Å². The molecule has 0 unspecified atom stereocenters. The monoisotopic (exact) mass is 355 g/mol. The summed E-state index contributed by atoms with van der Waals surface area (Å²) in [4.78, 5) is 24.7. The van der Waals surface area contributed by atoms with Crippen molar-refractivity contribution in [2.24, 2.45) is 0 Å². The summed E-state index contributed by atoms with van der Waals surface area (Å²) < 4.78 is 11.3. The molecule has 5 heteroatoms. The van der Waals surface area contributed by atoms with Crippen molar-refractivity contribution in [1.82, 2.24) is 4.90 Å². The minimum absolute atomic E-state index is 0.263. The molecular formula is C21H25NO4. The van der Waals surface area contributed by atoms with Crippen LogP contribution in [0.25, 0.3) is 0 Å². The number of aldehydes is 1. The number of carbonyl (C=O) groups is 2. The zero-order valence-corrected chi connectivity index (χ0v) is 15.5. The second kappa shape index (κ2) is 9.04. The third kappa shape index (κ3) is 6.59. The summed E-state index contributed by atoms with van der Waals surface area (Å²) in [6.07, 6.45) is 0.625. The molecule has 0 bridgehead atoms. The van der Waals surface area contributed by atoms with E-state index in [9.17, 15) is 9.59 Å². The van der Waals surface area contributed by atoms with Gasteiger partial charge < -0.3 is 19.2 Å². The second-order valence-corrected chi connectivity index (χ2v) is 6.92. The Hall–Kier alpha value is -2.82. The Labute approximate surface area is 154 Å². The van der Waals surface area contributed by atoms with Crippen LogP contribution in [0.3, 0.4) is 0 Å². The molecule has 0 N–H and O–H groups in total. The number of amides is 1. The number of para-hydroxylation sites is 1. The summed E-state index contributed by atoms with van der Waals surface area (Å²) in [5.74, 6) is 1.43. The largest absolute Gasteiger partial charge is 0.457 e. The van der Waals surface area contributed by atoms with Gasteiger partial charge in [-0.2, -0.15) is 0 Å². The number of benzene rings is 2. The minimum atomic E-state index is -0.589. The van der Waals surface area contributed by atoms with Gasteiger partial charge in [-0.05, 0) is 50.6 Å². The predicted octanol–water partition coefficient (Wildman–Crippen LogP) is 4.81. The van der Waals surface area contributed by atoms with Gasteiger partial charge in [0.15, 0.2) is 0 Å². The third-order valence-corrected chi connectivity index (χ3v) is 3.42. The first-order chi connectivity index (χ1) is 12.4. The maximum Gasteiger partial charge on any atom is 0.410 e. The van der Waals surface area contributed by atoms with E-state index in [0.29, 0.717) is 18.8 Å². The molecule has 0 radical (unpaired) electrons. The lowest BCUT2D eigenvalue weighted by Gasteiger charge is -2.27. The molecule has 0 atom stereocenters. The van der Waals surface area contributed by atoms with E-state index in [-0.39, 0.29) is 6.42 Å². The van der Waals surface area contributed by atoms with Crippen molar-refractivity contribution >= 4 is 12.4 Å². The van der Waals surface area contributed by atoms with Gasteiger partial charge in [-0.15, -0.1) is 0 Å². The van der Waals surface area contributed by atoms with Gasteiger partial charge in [0.2, 0.25) is 0 Å². The van der Waals surface area contributed by atoms with Crippen molar-refractivity contribution in [1.29, 1.82) is 0 Å². The molecule has 0 aromatic heterocycles. The van der Waals surface area contributed by atoms with Crippen LogP contribution in [0.4, 0.5) is 4.79 Å². The fourth-order valence-corrected chi connectivity index (χ4v) is 2.32. The molecule has 0 heterocycles. The molecular weight excluding hydrogens is 330 g/mol. The molecule has 2 aromatic carbocycles. The van der Waals surface area contributed by atoms with Gasteiger partial charge in [0.05, 0.1) is 0 Å². The Morgan fingerprint density at radius 1 is 1.04 bits per heavy atom. The molecule has 0 fully saturated rings. The first-order valence-corrected chi connectivity index (χ1v) is 8.61. The maximum absolute atomic E-state index is 12.4. The van der Waals surface area contributed by atoms with E-state index >= 15 is 0 Å². The van der Waals surface area contributed by atoms with Gasteiger partial charge >= 0.3 is 6.09 Å². The summed E-state index contributed by atoms with van der Waals surface area (Å²) >= 11 is 0. The first-order valence-electron chi connectivity index (χ1n) is 8.61. The molecule has 0 aliphatic carbocycles. The van der Waals surface area contributed by atoms with E-state index in [1.807, 2.05) is 75.4 Å².